The third-order valence-electron chi connectivity index (χ3n) is 2.74. The maximum Gasteiger partial charge on any atom is 0.192 e. The molecule has 1 unspecified atom stereocenters. The summed E-state index contributed by atoms with van der Waals surface area (Å²) in [5.41, 5.74) is 1.02. The summed E-state index contributed by atoms with van der Waals surface area (Å²) in [6.45, 7) is 3.69. The van der Waals surface area contributed by atoms with Crippen LogP contribution in [0.15, 0.2) is 29.2 Å². The molecule has 2 rings (SSSR count). The molecule has 0 spiro atoms. The normalized spacial score (nSPS) is 13.4. The van der Waals surface area contributed by atoms with Crippen LogP contribution in [0.3, 0.4) is 0 Å². The Kier molecular flexibility index (Phi) is 3.42. The second-order valence-corrected chi connectivity index (χ2v) is 6.16. The van der Waals surface area contributed by atoms with Gasteiger partial charge in [0, 0.05) is 0 Å². The standard InChI is InChI=1S/C11H14N4O2S/c1-3-10(11-12-14-15-13-11)18(16,17)9-6-4-8(2)5-7-9/h4-7,10H,3H2,1-2H3,(H,12,13,14,15). The zero-order valence-corrected chi connectivity index (χ0v) is 11.0. The van der Waals surface area contributed by atoms with E-state index in [-0.39, 0.29) is 10.7 Å². The van der Waals surface area contributed by atoms with Crippen LogP contribution in [0, 0.1) is 6.92 Å². The number of aromatic amines is 1. The van der Waals surface area contributed by atoms with Gasteiger partial charge in [-0.2, -0.15) is 5.21 Å². The summed E-state index contributed by atoms with van der Waals surface area (Å²) in [6.07, 6.45) is 0.399. The van der Waals surface area contributed by atoms with Gasteiger partial charge in [0.2, 0.25) is 0 Å². The van der Waals surface area contributed by atoms with Gasteiger partial charge < -0.3 is 0 Å². The van der Waals surface area contributed by atoms with Crippen LogP contribution in [0.5, 0.6) is 0 Å². The first kappa shape index (κ1) is 12.7. The lowest BCUT2D eigenvalue weighted by atomic mass is 10.2. The predicted octanol–water partition coefficient (Wildman–Crippen LogP) is 1.43. The average Bonchev–Trinajstić information content (AvgIpc) is 2.84. The van der Waals surface area contributed by atoms with Gasteiger partial charge >= 0.3 is 0 Å². The summed E-state index contributed by atoms with van der Waals surface area (Å²) < 4.78 is 24.9. The first-order chi connectivity index (χ1) is 8.55. The summed E-state index contributed by atoms with van der Waals surface area (Å²) in [4.78, 5) is 0.282. The van der Waals surface area contributed by atoms with Crippen molar-refractivity contribution in [2.24, 2.45) is 0 Å². The molecular formula is C11H14N4O2S. The third-order valence-corrected chi connectivity index (χ3v) is 4.97. The minimum atomic E-state index is -3.48. The van der Waals surface area contributed by atoms with Gasteiger partial charge in [0.15, 0.2) is 15.7 Å². The van der Waals surface area contributed by atoms with Crippen LogP contribution in [-0.2, 0) is 9.84 Å². The SMILES string of the molecule is CCC(c1nn[nH]n1)S(=O)(=O)c1ccc(C)cc1. The topological polar surface area (TPSA) is 88.6 Å². The van der Waals surface area contributed by atoms with Crippen LogP contribution in [0.25, 0.3) is 0 Å². The van der Waals surface area contributed by atoms with Gasteiger partial charge in [-0.05, 0) is 25.5 Å². The van der Waals surface area contributed by atoms with Gasteiger partial charge in [0.25, 0.3) is 0 Å². The Bertz CT molecular complexity index is 605. The Hall–Kier alpha value is -1.76. The Morgan fingerprint density at radius 1 is 1.28 bits per heavy atom. The number of nitrogens with zero attached hydrogens (tertiary/aromatic N) is 3. The second-order valence-electron chi connectivity index (χ2n) is 4.02. The number of hydrogen-bond acceptors (Lipinski definition) is 5. The van der Waals surface area contributed by atoms with E-state index in [2.05, 4.69) is 20.6 Å². The quantitative estimate of drug-likeness (QED) is 0.904. The minimum Gasteiger partial charge on any atom is -0.223 e. The van der Waals surface area contributed by atoms with E-state index >= 15 is 0 Å². The van der Waals surface area contributed by atoms with E-state index in [1.165, 1.54) is 0 Å². The van der Waals surface area contributed by atoms with E-state index in [1.54, 1.807) is 31.2 Å². The van der Waals surface area contributed by atoms with Crippen molar-refractivity contribution in [3.8, 4) is 0 Å². The van der Waals surface area contributed by atoms with E-state index in [1.807, 2.05) is 6.92 Å². The zero-order chi connectivity index (χ0) is 13.2. The molecule has 0 saturated carbocycles. The highest BCUT2D eigenvalue weighted by molar-refractivity contribution is 7.91. The van der Waals surface area contributed by atoms with Crippen molar-refractivity contribution in [2.45, 2.75) is 30.4 Å². The highest BCUT2D eigenvalue weighted by atomic mass is 32.2. The van der Waals surface area contributed by atoms with Crippen molar-refractivity contribution in [3.05, 3.63) is 35.7 Å². The maximum atomic E-state index is 12.5. The van der Waals surface area contributed by atoms with Crippen molar-refractivity contribution in [1.29, 1.82) is 0 Å². The van der Waals surface area contributed by atoms with Crippen molar-refractivity contribution < 1.29 is 8.42 Å². The van der Waals surface area contributed by atoms with E-state index in [9.17, 15) is 8.42 Å². The monoisotopic (exact) mass is 266 g/mol. The van der Waals surface area contributed by atoms with Gasteiger partial charge in [-0.25, -0.2) is 8.42 Å². The summed E-state index contributed by atoms with van der Waals surface area (Å²) in [5.74, 6) is 0.207. The fourth-order valence-corrected chi connectivity index (χ4v) is 3.40. The number of aromatic nitrogens is 4. The molecule has 0 aliphatic heterocycles. The fraction of sp³-hybridized carbons (Fsp3) is 0.364. The van der Waals surface area contributed by atoms with Crippen LogP contribution in [0.4, 0.5) is 0 Å². The van der Waals surface area contributed by atoms with Gasteiger partial charge in [-0.15, -0.1) is 10.2 Å². The van der Waals surface area contributed by atoms with E-state index < -0.39 is 15.1 Å². The summed E-state index contributed by atoms with van der Waals surface area (Å²) >= 11 is 0. The summed E-state index contributed by atoms with van der Waals surface area (Å²) in [5, 5.41) is 12.5. The van der Waals surface area contributed by atoms with Crippen LogP contribution in [0.1, 0.15) is 30.0 Å². The predicted molar refractivity (Wildman–Crippen MR) is 65.6 cm³/mol. The highest BCUT2D eigenvalue weighted by Crippen LogP contribution is 2.28. The highest BCUT2D eigenvalue weighted by Gasteiger charge is 2.30. The average molecular weight is 266 g/mol. The smallest absolute Gasteiger partial charge is 0.192 e. The van der Waals surface area contributed by atoms with E-state index in [0.29, 0.717) is 6.42 Å². The Balaban J connectivity index is 2.44. The summed E-state index contributed by atoms with van der Waals surface area (Å²) in [7, 11) is -3.48. The number of aryl methyl sites for hydroxylation is 1. The number of nitrogens with one attached hydrogen (secondary N) is 1. The molecule has 2 aromatic rings. The molecule has 0 aliphatic rings. The molecule has 1 atom stereocenters. The molecule has 7 heteroatoms. The number of H-pyrrole nitrogens is 1. The number of benzene rings is 1. The molecule has 18 heavy (non-hydrogen) atoms. The molecule has 1 aromatic carbocycles. The molecule has 6 nitrogen and oxygen atoms in total. The van der Waals surface area contributed by atoms with Crippen molar-refractivity contribution >= 4 is 9.84 Å². The minimum absolute atomic E-state index is 0.207. The Morgan fingerprint density at radius 2 is 1.94 bits per heavy atom. The molecule has 0 radical (unpaired) electrons. The van der Waals surface area contributed by atoms with E-state index in [4.69, 9.17) is 0 Å². The maximum absolute atomic E-state index is 12.5. The summed E-state index contributed by atoms with van der Waals surface area (Å²) in [6, 6.07) is 6.76. The Labute approximate surface area is 105 Å². The lowest BCUT2D eigenvalue weighted by Crippen LogP contribution is -2.14. The fourth-order valence-electron chi connectivity index (χ4n) is 1.74. The van der Waals surface area contributed by atoms with Crippen molar-refractivity contribution in [2.75, 3.05) is 0 Å². The van der Waals surface area contributed by atoms with Crippen LogP contribution in [-0.4, -0.2) is 29.0 Å². The molecule has 96 valence electrons. The molecule has 0 aliphatic carbocycles. The Morgan fingerprint density at radius 3 is 2.44 bits per heavy atom. The first-order valence-electron chi connectivity index (χ1n) is 5.59. The second kappa shape index (κ2) is 4.85. The molecule has 1 N–H and O–H groups in total. The molecular weight excluding hydrogens is 252 g/mol. The number of tetrazole rings is 1. The lowest BCUT2D eigenvalue weighted by Gasteiger charge is -2.12. The van der Waals surface area contributed by atoms with Gasteiger partial charge in [0.05, 0.1) is 4.90 Å². The van der Waals surface area contributed by atoms with Gasteiger partial charge in [0.1, 0.15) is 5.25 Å². The molecule has 1 aromatic heterocycles. The zero-order valence-electron chi connectivity index (χ0n) is 10.2. The van der Waals surface area contributed by atoms with Crippen molar-refractivity contribution in [1.82, 2.24) is 20.6 Å². The van der Waals surface area contributed by atoms with Crippen LogP contribution < -0.4 is 0 Å². The molecule has 0 amide bonds. The largest absolute Gasteiger partial charge is 0.223 e. The number of sulfone groups is 1. The lowest BCUT2D eigenvalue weighted by molar-refractivity contribution is 0.574. The van der Waals surface area contributed by atoms with Crippen LogP contribution >= 0.6 is 0 Å². The third kappa shape index (κ3) is 2.26. The first-order valence-corrected chi connectivity index (χ1v) is 7.14. The molecule has 0 fully saturated rings. The number of hydrogen-bond donors (Lipinski definition) is 1. The van der Waals surface area contributed by atoms with Crippen molar-refractivity contribution in [3.63, 3.8) is 0 Å². The van der Waals surface area contributed by atoms with Gasteiger partial charge in [-0.3, -0.25) is 0 Å². The molecule has 0 bridgehead atoms. The van der Waals surface area contributed by atoms with Gasteiger partial charge in [-0.1, -0.05) is 29.8 Å². The number of rotatable bonds is 4. The van der Waals surface area contributed by atoms with E-state index in [0.717, 1.165) is 5.56 Å². The van der Waals surface area contributed by atoms with Crippen LogP contribution in [0.2, 0.25) is 0 Å². The molecule has 0 saturated heterocycles. The molecule has 1 heterocycles.